The van der Waals surface area contributed by atoms with Crippen LogP contribution in [0.25, 0.3) is 0 Å². The van der Waals surface area contributed by atoms with Gasteiger partial charge in [0.25, 0.3) is 0 Å². The van der Waals surface area contributed by atoms with Gasteiger partial charge in [0, 0.05) is 7.11 Å². The molecule has 6 heteroatoms. The van der Waals surface area contributed by atoms with Crippen molar-refractivity contribution in [3.63, 3.8) is 0 Å². The van der Waals surface area contributed by atoms with Crippen LogP contribution in [0.15, 0.2) is 12.2 Å². The van der Waals surface area contributed by atoms with Crippen LogP contribution in [0, 0.1) is 11.8 Å². The van der Waals surface area contributed by atoms with Gasteiger partial charge in [-0.1, -0.05) is 12.2 Å². The van der Waals surface area contributed by atoms with Crippen molar-refractivity contribution < 1.29 is 24.2 Å². The van der Waals surface area contributed by atoms with Crippen LogP contribution in [-0.2, 0) is 19.1 Å². The van der Waals surface area contributed by atoms with Gasteiger partial charge in [-0.05, 0) is 12.8 Å². The Hall–Kier alpha value is -1.69. The van der Waals surface area contributed by atoms with Crippen molar-refractivity contribution in [1.29, 1.82) is 0 Å². The van der Waals surface area contributed by atoms with Crippen LogP contribution in [0.4, 0.5) is 0 Å². The maximum atomic E-state index is 12.0. The van der Waals surface area contributed by atoms with Crippen LogP contribution in [-0.4, -0.2) is 47.5 Å². The molecule has 2 amide bonds. The Kier molecular flexibility index (Phi) is 3.47. The molecule has 0 aromatic heterocycles. The van der Waals surface area contributed by atoms with E-state index in [2.05, 4.69) is 0 Å². The number of hydrogen-bond acceptors (Lipinski definition) is 4. The topological polar surface area (TPSA) is 83.9 Å². The van der Waals surface area contributed by atoms with E-state index in [0.29, 0.717) is 12.8 Å². The number of likely N-dealkylation sites (tertiary alicyclic amines) is 1. The first-order chi connectivity index (χ1) is 8.56. The average molecular weight is 253 g/mol. The molecule has 0 bridgehead atoms. The highest BCUT2D eigenvalue weighted by Crippen LogP contribution is 2.35. The molecule has 3 atom stereocenters. The highest BCUT2D eigenvalue weighted by atomic mass is 16.5. The van der Waals surface area contributed by atoms with Gasteiger partial charge in [0.2, 0.25) is 11.8 Å². The number of carbonyl (C=O) groups is 3. The summed E-state index contributed by atoms with van der Waals surface area (Å²) in [7, 11) is 1.25. The monoisotopic (exact) mass is 253 g/mol. The molecule has 2 aliphatic rings. The van der Waals surface area contributed by atoms with Gasteiger partial charge in [-0.15, -0.1) is 0 Å². The summed E-state index contributed by atoms with van der Waals surface area (Å²) >= 11 is 0. The number of fused-ring (bicyclic) bond motifs is 1. The summed E-state index contributed by atoms with van der Waals surface area (Å²) in [6.07, 6.45) is 3.72. The lowest BCUT2D eigenvalue weighted by Gasteiger charge is -2.18. The van der Waals surface area contributed by atoms with E-state index in [-0.39, 0.29) is 30.2 Å². The SMILES string of the molecule is COC(CN1C(=O)C2CC=CCC2C1=O)C(=O)O. The quantitative estimate of drug-likeness (QED) is 0.564. The Morgan fingerprint density at radius 2 is 1.89 bits per heavy atom. The van der Waals surface area contributed by atoms with Crippen molar-refractivity contribution in [3.05, 3.63) is 12.2 Å². The summed E-state index contributed by atoms with van der Waals surface area (Å²) < 4.78 is 4.76. The number of allylic oxidation sites excluding steroid dienone is 2. The van der Waals surface area contributed by atoms with Gasteiger partial charge in [-0.2, -0.15) is 0 Å². The minimum atomic E-state index is -1.17. The van der Waals surface area contributed by atoms with Gasteiger partial charge in [0.1, 0.15) is 0 Å². The van der Waals surface area contributed by atoms with Crippen molar-refractivity contribution in [2.75, 3.05) is 13.7 Å². The van der Waals surface area contributed by atoms with Crippen LogP contribution in [0.3, 0.4) is 0 Å². The number of carbonyl (C=O) groups excluding carboxylic acids is 2. The lowest BCUT2D eigenvalue weighted by molar-refractivity contribution is -0.152. The Bertz CT molecular complexity index is 391. The number of rotatable bonds is 4. The average Bonchev–Trinajstić information content (AvgIpc) is 2.60. The molecule has 3 unspecified atom stereocenters. The largest absolute Gasteiger partial charge is 0.479 e. The molecule has 0 aromatic carbocycles. The molecule has 98 valence electrons. The molecule has 1 saturated heterocycles. The number of amides is 2. The molecule has 1 fully saturated rings. The number of aliphatic carboxylic acids is 1. The van der Waals surface area contributed by atoms with Gasteiger partial charge in [0.15, 0.2) is 6.10 Å². The number of nitrogens with zero attached hydrogens (tertiary/aromatic N) is 1. The standard InChI is InChI=1S/C12H15NO5/c1-18-9(12(16)17)6-13-10(14)7-4-2-3-5-8(7)11(13)15/h2-3,7-9H,4-6H2,1H3,(H,16,17). The summed E-state index contributed by atoms with van der Waals surface area (Å²) in [4.78, 5) is 36.0. The van der Waals surface area contributed by atoms with E-state index < -0.39 is 12.1 Å². The Morgan fingerprint density at radius 3 is 2.28 bits per heavy atom. The minimum absolute atomic E-state index is 0.212. The molecule has 0 saturated carbocycles. The molecule has 0 radical (unpaired) electrons. The number of hydrogen-bond donors (Lipinski definition) is 1. The first-order valence-corrected chi connectivity index (χ1v) is 5.82. The molecule has 0 aromatic rings. The maximum absolute atomic E-state index is 12.0. The molecule has 1 aliphatic carbocycles. The smallest absolute Gasteiger partial charge is 0.334 e. The van der Waals surface area contributed by atoms with Gasteiger partial charge < -0.3 is 9.84 Å². The summed E-state index contributed by atoms with van der Waals surface area (Å²) in [5, 5.41) is 8.88. The predicted molar refractivity (Wildman–Crippen MR) is 60.5 cm³/mol. The zero-order chi connectivity index (χ0) is 13.3. The fourth-order valence-electron chi connectivity index (χ4n) is 2.47. The molecular formula is C12H15NO5. The van der Waals surface area contributed by atoms with E-state index in [1.54, 1.807) is 0 Å². The summed E-state index contributed by atoms with van der Waals surface area (Å²) in [6.45, 7) is -0.212. The van der Waals surface area contributed by atoms with Crippen LogP contribution < -0.4 is 0 Å². The third-order valence-electron chi connectivity index (χ3n) is 3.51. The fourth-order valence-corrected chi connectivity index (χ4v) is 2.47. The normalized spacial score (nSPS) is 28.4. The van der Waals surface area contributed by atoms with Crippen LogP contribution >= 0.6 is 0 Å². The van der Waals surface area contributed by atoms with Crippen LogP contribution in [0.1, 0.15) is 12.8 Å². The second kappa shape index (κ2) is 4.89. The first kappa shape index (κ1) is 12.8. The Morgan fingerprint density at radius 1 is 1.39 bits per heavy atom. The molecule has 0 spiro atoms. The van der Waals surface area contributed by atoms with Gasteiger partial charge in [-0.25, -0.2) is 4.79 Å². The van der Waals surface area contributed by atoms with Crippen LogP contribution in [0.5, 0.6) is 0 Å². The lowest BCUT2D eigenvalue weighted by Crippen LogP contribution is -2.41. The Balaban J connectivity index is 2.13. The first-order valence-electron chi connectivity index (χ1n) is 5.82. The van der Waals surface area contributed by atoms with E-state index in [1.807, 2.05) is 12.2 Å². The second-order valence-corrected chi connectivity index (χ2v) is 4.51. The Labute approximate surface area is 104 Å². The number of ether oxygens (including phenoxy) is 1. The van der Waals surface area contributed by atoms with E-state index in [4.69, 9.17) is 9.84 Å². The maximum Gasteiger partial charge on any atom is 0.334 e. The van der Waals surface area contributed by atoms with Gasteiger partial charge >= 0.3 is 5.97 Å². The van der Waals surface area contributed by atoms with Crippen molar-refractivity contribution in [2.24, 2.45) is 11.8 Å². The molecule has 1 aliphatic heterocycles. The molecular weight excluding hydrogens is 238 g/mol. The zero-order valence-corrected chi connectivity index (χ0v) is 10.0. The van der Waals surface area contributed by atoms with Crippen molar-refractivity contribution in [1.82, 2.24) is 4.90 Å². The summed E-state index contributed by atoms with van der Waals surface area (Å²) in [5.74, 6) is -2.39. The fraction of sp³-hybridized carbons (Fsp3) is 0.583. The molecule has 1 N–H and O–H groups in total. The van der Waals surface area contributed by atoms with Crippen molar-refractivity contribution >= 4 is 17.8 Å². The van der Waals surface area contributed by atoms with Crippen molar-refractivity contribution in [2.45, 2.75) is 18.9 Å². The molecule has 2 rings (SSSR count). The van der Waals surface area contributed by atoms with Crippen LogP contribution in [0.2, 0.25) is 0 Å². The third kappa shape index (κ3) is 2.03. The number of carboxylic acids is 1. The number of carboxylic acid groups (broad SMARTS) is 1. The second-order valence-electron chi connectivity index (χ2n) is 4.51. The molecule has 6 nitrogen and oxygen atoms in total. The molecule has 18 heavy (non-hydrogen) atoms. The highest BCUT2D eigenvalue weighted by molar-refractivity contribution is 6.05. The zero-order valence-electron chi connectivity index (χ0n) is 10.0. The van der Waals surface area contributed by atoms with Crippen molar-refractivity contribution in [3.8, 4) is 0 Å². The van der Waals surface area contributed by atoms with E-state index in [1.165, 1.54) is 7.11 Å². The summed E-state index contributed by atoms with van der Waals surface area (Å²) in [5.41, 5.74) is 0. The van der Waals surface area contributed by atoms with E-state index >= 15 is 0 Å². The van der Waals surface area contributed by atoms with Gasteiger partial charge in [-0.3, -0.25) is 14.5 Å². The lowest BCUT2D eigenvalue weighted by atomic mass is 9.85. The van der Waals surface area contributed by atoms with Gasteiger partial charge in [0.05, 0.1) is 18.4 Å². The molecule has 1 heterocycles. The third-order valence-corrected chi connectivity index (χ3v) is 3.51. The highest BCUT2D eigenvalue weighted by Gasteiger charge is 2.48. The predicted octanol–water partition coefficient (Wildman–Crippen LogP) is 0.0372. The van der Waals surface area contributed by atoms with E-state index in [9.17, 15) is 14.4 Å². The summed E-state index contributed by atoms with van der Waals surface area (Å²) in [6, 6.07) is 0. The minimum Gasteiger partial charge on any atom is -0.479 e. The van der Waals surface area contributed by atoms with E-state index in [0.717, 1.165) is 4.90 Å². The number of imide groups is 1. The number of methoxy groups -OCH3 is 1.